The first kappa shape index (κ1) is 53.6. The summed E-state index contributed by atoms with van der Waals surface area (Å²) in [7, 11) is 1.02. The predicted octanol–water partition coefficient (Wildman–Crippen LogP) is 10.8. The highest BCUT2D eigenvalue weighted by Crippen LogP contribution is 2.38. The van der Waals surface area contributed by atoms with Crippen molar-refractivity contribution in [3.05, 3.63) is 48.6 Å². The summed E-state index contributed by atoms with van der Waals surface area (Å²) in [4.78, 5) is 49.7. The van der Waals surface area contributed by atoms with Crippen molar-refractivity contribution >= 4 is 25.5 Å². The van der Waals surface area contributed by atoms with Gasteiger partial charge in [0, 0.05) is 19.3 Å². The number of hydrogen-bond acceptors (Lipinski definition) is 9. The lowest BCUT2D eigenvalue weighted by atomic mass is 10.0. The molecule has 0 aromatic heterocycles. The number of hydrogen-bond donors (Lipinski definition) is 0. The molecule has 0 saturated carbocycles. The fourth-order valence-electron chi connectivity index (χ4n) is 5.61. The van der Waals surface area contributed by atoms with Crippen LogP contribution in [0.3, 0.4) is 0 Å². The molecule has 0 aliphatic rings. The van der Waals surface area contributed by atoms with E-state index in [4.69, 9.17) is 18.5 Å². The fraction of sp³-hybridized carbons (Fsp3) is 0.756. The van der Waals surface area contributed by atoms with Crippen molar-refractivity contribution in [2.45, 2.75) is 174 Å². The highest BCUT2D eigenvalue weighted by molar-refractivity contribution is 7.45. The smallest absolute Gasteiger partial charge is 0.306 e. The van der Waals surface area contributed by atoms with E-state index < -0.39 is 32.5 Å². The molecule has 324 valence electrons. The number of nitrogens with zero attached hydrogens (tertiary/aromatic N) is 1. The van der Waals surface area contributed by atoms with Crippen molar-refractivity contribution in [3.63, 3.8) is 0 Å². The lowest BCUT2D eigenvalue weighted by Crippen LogP contribution is -2.37. The Morgan fingerprint density at radius 2 is 1.14 bits per heavy atom. The van der Waals surface area contributed by atoms with Crippen LogP contribution in [-0.4, -0.2) is 75.8 Å². The number of phosphoric ester groups is 1. The van der Waals surface area contributed by atoms with Gasteiger partial charge in [-0.2, -0.15) is 0 Å². The molecule has 0 aliphatic carbocycles. The quantitative estimate of drug-likeness (QED) is 0.0113. The third kappa shape index (κ3) is 39.9. The molecule has 0 rings (SSSR count). The van der Waals surface area contributed by atoms with Crippen LogP contribution in [0.2, 0.25) is 0 Å². The number of carbonyl (C=O) groups excluding carboxylic acids is 3. The number of carbonyl (C=O) groups is 3. The Bertz CT molecular complexity index is 1160. The summed E-state index contributed by atoms with van der Waals surface area (Å²) in [5.41, 5.74) is 0. The van der Waals surface area contributed by atoms with Crippen LogP contribution in [0, 0.1) is 0 Å². The van der Waals surface area contributed by atoms with Crippen LogP contribution in [-0.2, 0) is 37.5 Å². The zero-order valence-corrected chi connectivity index (χ0v) is 37.0. The van der Waals surface area contributed by atoms with E-state index in [-0.39, 0.29) is 44.7 Å². The fourth-order valence-corrected chi connectivity index (χ4v) is 6.34. The number of likely N-dealkylation sites (N-methyl/N-ethyl adjacent to an activating group) is 1. The molecule has 0 bridgehead atoms. The molecule has 1 unspecified atom stereocenters. The number of ether oxygens (including phenoxy) is 2. The van der Waals surface area contributed by atoms with E-state index in [1.807, 2.05) is 33.3 Å². The van der Waals surface area contributed by atoms with Gasteiger partial charge < -0.3 is 27.9 Å². The van der Waals surface area contributed by atoms with Crippen molar-refractivity contribution in [1.82, 2.24) is 0 Å². The third-order valence-electron chi connectivity index (χ3n) is 9.08. The van der Waals surface area contributed by atoms with Crippen LogP contribution in [0.15, 0.2) is 48.6 Å². The average molecular weight is 810 g/mol. The summed E-state index contributed by atoms with van der Waals surface area (Å²) in [5.74, 6) is -1.21. The first-order valence-corrected chi connectivity index (χ1v) is 23.3. The van der Waals surface area contributed by atoms with Crippen molar-refractivity contribution in [3.8, 4) is 0 Å². The normalized spacial score (nSPS) is 14.0. The summed E-state index contributed by atoms with van der Waals surface area (Å²) < 4.78 is 33.6. The van der Waals surface area contributed by atoms with Crippen molar-refractivity contribution in [2.75, 3.05) is 47.5 Å². The SMILES string of the molecule is CCCCC/C=C\C/C=C\C/C=C\C=C\C(=O)CCCC(=O)O[C@H](COC(=O)CCCCCCCCCCCCCCCC)COP(=O)([O-])OCC[N+](C)(C)C. The molecule has 0 N–H and O–H groups in total. The van der Waals surface area contributed by atoms with Gasteiger partial charge in [0.15, 0.2) is 11.9 Å². The molecule has 0 aliphatic heterocycles. The van der Waals surface area contributed by atoms with Crippen LogP contribution in [0.1, 0.15) is 168 Å². The van der Waals surface area contributed by atoms with E-state index in [1.165, 1.54) is 89.5 Å². The number of esters is 2. The molecule has 0 saturated heterocycles. The van der Waals surface area contributed by atoms with Gasteiger partial charge in [-0.25, -0.2) is 0 Å². The minimum atomic E-state index is -4.69. The first-order valence-electron chi connectivity index (χ1n) is 21.8. The number of quaternary nitrogens is 1. The van der Waals surface area contributed by atoms with Gasteiger partial charge in [-0.05, 0) is 44.6 Å². The summed E-state index contributed by atoms with van der Waals surface area (Å²) in [5, 5.41) is 0. The number of allylic oxidation sites excluding steroid dienone is 8. The maximum Gasteiger partial charge on any atom is 0.306 e. The predicted molar refractivity (Wildman–Crippen MR) is 227 cm³/mol. The van der Waals surface area contributed by atoms with Gasteiger partial charge in [-0.3, -0.25) is 18.9 Å². The Morgan fingerprint density at radius 3 is 1.75 bits per heavy atom. The largest absolute Gasteiger partial charge is 0.756 e. The zero-order chi connectivity index (χ0) is 41.6. The Balaban J connectivity index is 4.57. The van der Waals surface area contributed by atoms with E-state index in [0.29, 0.717) is 17.4 Å². The van der Waals surface area contributed by atoms with Crippen molar-refractivity contribution < 1.29 is 46.8 Å². The van der Waals surface area contributed by atoms with Crippen LogP contribution >= 0.6 is 7.82 Å². The first-order chi connectivity index (χ1) is 26.9. The van der Waals surface area contributed by atoms with E-state index in [1.54, 1.807) is 6.08 Å². The molecular formula is C45H80NO9P. The van der Waals surface area contributed by atoms with E-state index in [2.05, 4.69) is 38.2 Å². The van der Waals surface area contributed by atoms with Crippen LogP contribution in [0.25, 0.3) is 0 Å². The summed E-state index contributed by atoms with van der Waals surface area (Å²) in [6.45, 7) is 3.91. The van der Waals surface area contributed by atoms with Crippen molar-refractivity contribution in [1.29, 1.82) is 0 Å². The number of unbranched alkanes of at least 4 members (excludes halogenated alkanes) is 16. The number of ketones is 1. The molecule has 56 heavy (non-hydrogen) atoms. The lowest BCUT2D eigenvalue weighted by molar-refractivity contribution is -0.870. The highest BCUT2D eigenvalue weighted by atomic mass is 31.2. The van der Waals surface area contributed by atoms with Gasteiger partial charge in [0.1, 0.15) is 19.8 Å². The van der Waals surface area contributed by atoms with Gasteiger partial charge in [-0.1, -0.05) is 153 Å². The molecule has 0 heterocycles. The maximum atomic E-state index is 12.6. The van der Waals surface area contributed by atoms with Crippen LogP contribution in [0.5, 0.6) is 0 Å². The minimum absolute atomic E-state index is 0.0637. The molecule has 2 atom stereocenters. The Labute approximate surface area is 341 Å². The molecule has 0 spiro atoms. The van der Waals surface area contributed by atoms with E-state index >= 15 is 0 Å². The Kier molecular flexibility index (Phi) is 35.4. The molecule has 10 nitrogen and oxygen atoms in total. The van der Waals surface area contributed by atoms with E-state index in [0.717, 1.165) is 38.5 Å². The molecule has 0 aromatic rings. The highest BCUT2D eigenvalue weighted by Gasteiger charge is 2.22. The Morgan fingerprint density at radius 1 is 0.607 bits per heavy atom. The van der Waals surface area contributed by atoms with Gasteiger partial charge >= 0.3 is 11.9 Å². The van der Waals surface area contributed by atoms with Gasteiger partial charge in [0.2, 0.25) is 0 Å². The third-order valence-corrected chi connectivity index (χ3v) is 10.0. The molecule has 11 heteroatoms. The van der Waals surface area contributed by atoms with Gasteiger partial charge in [0.25, 0.3) is 7.82 Å². The molecule has 0 radical (unpaired) electrons. The monoisotopic (exact) mass is 810 g/mol. The molecule has 0 aromatic carbocycles. The summed E-state index contributed by atoms with van der Waals surface area (Å²) in [6, 6.07) is 0. The molecule has 0 amide bonds. The second kappa shape index (κ2) is 36.9. The molecular weight excluding hydrogens is 729 g/mol. The summed E-state index contributed by atoms with van der Waals surface area (Å²) >= 11 is 0. The van der Waals surface area contributed by atoms with Crippen LogP contribution in [0.4, 0.5) is 0 Å². The number of phosphoric acid groups is 1. The van der Waals surface area contributed by atoms with Gasteiger partial charge in [-0.15, -0.1) is 0 Å². The maximum absolute atomic E-state index is 12.6. The van der Waals surface area contributed by atoms with E-state index in [9.17, 15) is 23.8 Å². The lowest BCUT2D eigenvalue weighted by Gasteiger charge is -2.28. The molecule has 0 fully saturated rings. The second-order valence-corrected chi connectivity index (χ2v) is 17.2. The second-order valence-electron chi connectivity index (χ2n) is 15.7. The number of rotatable bonds is 39. The Hall–Kier alpha value is -2.36. The standard InChI is InChI=1S/C45H80NO9P/c1-6-8-10-12-14-16-18-20-22-24-26-28-30-32-36-44(48)52-40-43(41-54-56(50,51)53-39-38-46(3,4)5)55-45(49)37-33-35-42(47)34-31-29-27-25-23-21-19-17-15-13-11-9-7-2/h15,17,21,23,27,29,31,34,43H,6-14,16,18-20,22,24-26,28,30,32-33,35-41H2,1-5H3/b17-15-,23-21-,29-27-,34-31+/t43-/m1/s1. The topological polar surface area (TPSA) is 128 Å². The minimum Gasteiger partial charge on any atom is -0.756 e. The van der Waals surface area contributed by atoms with Crippen molar-refractivity contribution in [2.24, 2.45) is 0 Å². The summed E-state index contributed by atoms with van der Waals surface area (Å²) in [6.07, 6.45) is 38.6. The average Bonchev–Trinajstić information content (AvgIpc) is 3.14. The zero-order valence-electron chi connectivity index (χ0n) is 36.1. The van der Waals surface area contributed by atoms with Gasteiger partial charge in [0.05, 0.1) is 27.7 Å². The van der Waals surface area contributed by atoms with Crippen LogP contribution < -0.4 is 4.89 Å².